The molecule has 1 fully saturated rings. The highest BCUT2D eigenvalue weighted by molar-refractivity contribution is 6.30. The molecule has 1 saturated heterocycles. The second-order valence-electron chi connectivity index (χ2n) is 4.83. The number of hydrogen-bond acceptors (Lipinski definition) is 3. The number of carbonyl (C=O) groups is 1. The summed E-state index contributed by atoms with van der Waals surface area (Å²) in [7, 11) is 0. The van der Waals surface area contributed by atoms with Crippen LogP contribution in [0.3, 0.4) is 0 Å². The molecule has 0 aromatic heterocycles. The first-order chi connectivity index (χ1) is 9.63. The third kappa shape index (κ3) is 3.37. The number of benzene rings is 1. The van der Waals surface area contributed by atoms with Crippen LogP contribution in [0, 0.1) is 0 Å². The molecule has 0 radical (unpaired) electrons. The van der Waals surface area contributed by atoms with Crippen LogP contribution in [-0.2, 0) is 4.79 Å². The Morgan fingerprint density at radius 3 is 2.55 bits per heavy atom. The summed E-state index contributed by atoms with van der Waals surface area (Å²) in [6.45, 7) is 7.38. The summed E-state index contributed by atoms with van der Waals surface area (Å²) in [5.74, 6) is 0.921. The number of piperazine rings is 1. The molecule has 110 valence electrons. The molecule has 1 aromatic rings. The van der Waals surface area contributed by atoms with Crippen molar-refractivity contribution < 1.29 is 9.53 Å². The fourth-order valence-corrected chi connectivity index (χ4v) is 2.55. The van der Waals surface area contributed by atoms with Gasteiger partial charge in [0.25, 0.3) is 0 Å². The van der Waals surface area contributed by atoms with Crippen molar-refractivity contribution in [3.05, 3.63) is 24.3 Å². The van der Waals surface area contributed by atoms with Crippen LogP contribution < -0.4 is 9.64 Å². The molecule has 0 N–H and O–H groups in total. The van der Waals surface area contributed by atoms with Crippen molar-refractivity contribution in [3.63, 3.8) is 0 Å². The molecule has 1 aliphatic heterocycles. The predicted octanol–water partition coefficient (Wildman–Crippen LogP) is 2.36. The van der Waals surface area contributed by atoms with Gasteiger partial charge < -0.3 is 14.5 Å². The zero-order valence-corrected chi connectivity index (χ0v) is 12.8. The molecule has 0 spiro atoms. The molecule has 1 heterocycles. The Balaban J connectivity index is 2.02. The maximum atomic E-state index is 11.9. The third-order valence-corrected chi connectivity index (χ3v) is 3.62. The van der Waals surface area contributed by atoms with Gasteiger partial charge in [-0.1, -0.05) is 12.1 Å². The third-order valence-electron chi connectivity index (χ3n) is 3.44. The van der Waals surface area contributed by atoms with Gasteiger partial charge in [-0.05, 0) is 26.0 Å². The van der Waals surface area contributed by atoms with Crippen molar-refractivity contribution in [2.45, 2.75) is 19.2 Å². The number of alkyl halides is 1. The van der Waals surface area contributed by atoms with Crippen LogP contribution in [-0.4, -0.2) is 49.0 Å². The lowest BCUT2D eigenvalue weighted by molar-refractivity contribution is -0.130. The van der Waals surface area contributed by atoms with E-state index < -0.39 is 5.38 Å². The van der Waals surface area contributed by atoms with Gasteiger partial charge in [0.15, 0.2) is 0 Å². The molecule has 1 amide bonds. The molecule has 0 bridgehead atoms. The number of anilines is 1. The zero-order valence-electron chi connectivity index (χ0n) is 12.0. The van der Waals surface area contributed by atoms with E-state index in [0.717, 1.165) is 24.5 Å². The fraction of sp³-hybridized carbons (Fsp3) is 0.533. The smallest absolute Gasteiger partial charge is 0.240 e. The van der Waals surface area contributed by atoms with E-state index in [2.05, 4.69) is 11.0 Å². The molecule has 1 atom stereocenters. The Hall–Kier alpha value is -1.42. The van der Waals surface area contributed by atoms with Gasteiger partial charge in [-0.2, -0.15) is 0 Å². The van der Waals surface area contributed by atoms with Crippen LogP contribution in [0.25, 0.3) is 0 Å². The summed E-state index contributed by atoms with van der Waals surface area (Å²) in [5, 5.41) is -0.447. The quantitative estimate of drug-likeness (QED) is 0.800. The normalized spacial score (nSPS) is 16.9. The number of carbonyl (C=O) groups excluding carboxylic acids is 1. The predicted molar refractivity (Wildman–Crippen MR) is 81.7 cm³/mol. The zero-order chi connectivity index (χ0) is 14.5. The van der Waals surface area contributed by atoms with Gasteiger partial charge in [0.05, 0.1) is 12.3 Å². The molecule has 0 saturated carbocycles. The van der Waals surface area contributed by atoms with Crippen LogP contribution >= 0.6 is 11.6 Å². The average Bonchev–Trinajstić information content (AvgIpc) is 2.47. The fourth-order valence-electron chi connectivity index (χ4n) is 2.42. The molecule has 4 nitrogen and oxygen atoms in total. The highest BCUT2D eigenvalue weighted by Crippen LogP contribution is 2.28. The van der Waals surface area contributed by atoms with Gasteiger partial charge in [0, 0.05) is 26.2 Å². The van der Waals surface area contributed by atoms with E-state index >= 15 is 0 Å². The number of para-hydroxylation sites is 2. The first-order valence-electron chi connectivity index (χ1n) is 7.03. The number of hydrogen-bond donors (Lipinski definition) is 0. The van der Waals surface area contributed by atoms with E-state index in [-0.39, 0.29) is 5.91 Å². The number of amides is 1. The average molecular weight is 297 g/mol. The summed E-state index contributed by atoms with van der Waals surface area (Å²) in [4.78, 5) is 15.9. The van der Waals surface area contributed by atoms with Crippen molar-refractivity contribution in [2.24, 2.45) is 0 Å². The minimum Gasteiger partial charge on any atom is -0.492 e. The van der Waals surface area contributed by atoms with E-state index in [0.29, 0.717) is 19.7 Å². The van der Waals surface area contributed by atoms with E-state index in [4.69, 9.17) is 16.3 Å². The minimum absolute atomic E-state index is 0.0180. The monoisotopic (exact) mass is 296 g/mol. The van der Waals surface area contributed by atoms with Gasteiger partial charge in [-0.15, -0.1) is 11.6 Å². The SMILES string of the molecule is CCOc1ccccc1N1CCN(C(=O)C(C)Cl)CC1. The summed E-state index contributed by atoms with van der Waals surface area (Å²) < 4.78 is 5.66. The van der Waals surface area contributed by atoms with Crippen LogP contribution in [0.5, 0.6) is 5.75 Å². The Labute approximate surface area is 125 Å². The number of rotatable bonds is 4. The highest BCUT2D eigenvalue weighted by atomic mass is 35.5. The second-order valence-corrected chi connectivity index (χ2v) is 5.48. The summed E-state index contributed by atoms with van der Waals surface area (Å²) in [6, 6.07) is 8.03. The molecule has 1 aromatic carbocycles. The first-order valence-corrected chi connectivity index (χ1v) is 7.46. The number of halogens is 1. The van der Waals surface area contributed by atoms with Gasteiger partial charge in [0.1, 0.15) is 11.1 Å². The Bertz CT molecular complexity index is 457. The maximum Gasteiger partial charge on any atom is 0.240 e. The van der Waals surface area contributed by atoms with Crippen molar-refractivity contribution in [3.8, 4) is 5.75 Å². The van der Waals surface area contributed by atoms with Crippen LogP contribution in [0.4, 0.5) is 5.69 Å². The largest absolute Gasteiger partial charge is 0.492 e. The lowest BCUT2D eigenvalue weighted by Gasteiger charge is -2.37. The molecular formula is C15H21ClN2O2. The number of ether oxygens (including phenoxy) is 1. The van der Waals surface area contributed by atoms with Gasteiger partial charge in [0.2, 0.25) is 5.91 Å². The van der Waals surface area contributed by atoms with E-state index in [9.17, 15) is 4.79 Å². The maximum absolute atomic E-state index is 11.9. The number of nitrogens with zero attached hydrogens (tertiary/aromatic N) is 2. The van der Waals surface area contributed by atoms with E-state index in [1.54, 1.807) is 6.92 Å². The van der Waals surface area contributed by atoms with Gasteiger partial charge in [-0.25, -0.2) is 0 Å². The molecule has 1 unspecified atom stereocenters. The van der Waals surface area contributed by atoms with Crippen molar-refractivity contribution in [1.29, 1.82) is 0 Å². The minimum atomic E-state index is -0.447. The molecule has 0 aliphatic carbocycles. The standard InChI is InChI=1S/C15H21ClN2O2/c1-3-20-14-7-5-4-6-13(14)17-8-10-18(11-9-17)15(19)12(2)16/h4-7,12H,3,8-11H2,1-2H3. The van der Waals surface area contributed by atoms with Crippen molar-refractivity contribution in [1.82, 2.24) is 4.90 Å². The molecular weight excluding hydrogens is 276 g/mol. The summed E-state index contributed by atoms with van der Waals surface area (Å²) in [6.07, 6.45) is 0. The molecule has 20 heavy (non-hydrogen) atoms. The van der Waals surface area contributed by atoms with Crippen LogP contribution in [0.1, 0.15) is 13.8 Å². The molecule has 5 heteroatoms. The van der Waals surface area contributed by atoms with E-state index in [1.807, 2.05) is 30.0 Å². The van der Waals surface area contributed by atoms with Crippen molar-refractivity contribution in [2.75, 3.05) is 37.7 Å². The molecule has 2 rings (SSSR count). The summed E-state index contributed by atoms with van der Waals surface area (Å²) in [5.41, 5.74) is 1.10. The summed E-state index contributed by atoms with van der Waals surface area (Å²) >= 11 is 5.86. The van der Waals surface area contributed by atoms with Gasteiger partial charge in [-0.3, -0.25) is 4.79 Å². The lowest BCUT2D eigenvalue weighted by Crippen LogP contribution is -2.50. The second kappa shape index (κ2) is 6.84. The van der Waals surface area contributed by atoms with Crippen LogP contribution in [0.15, 0.2) is 24.3 Å². The Morgan fingerprint density at radius 1 is 1.30 bits per heavy atom. The first kappa shape index (κ1) is 15.0. The lowest BCUT2D eigenvalue weighted by atomic mass is 10.2. The Kier molecular flexibility index (Phi) is 5.12. The van der Waals surface area contributed by atoms with Crippen LogP contribution in [0.2, 0.25) is 0 Å². The highest BCUT2D eigenvalue weighted by Gasteiger charge is 2.24. The molecule has 1 aliphatic rings. The van der Waals surface area contributed by atoms with E-state index in [1.165, 1.54) is 0 Å². The Morgan fingerprint density at radius 2 is 1.95 bits per heavy atom. The van der Waals surface area contributed by atoms with Crippen molar-refractivity contribution >= 4 is 23.2 Å². The topological polar surface area (TPSA) is 32.8 Å². The van der Waals surface area contributed by atoms with Gasteiger partial charge >= 0.3 is 0 Å².